The summed E-state index contributed by atoms with van der Waals surface area (Å²) in [6, 6.07) is 9.82. The SMILES string of the molecule is Cc1cc(C(=O)N2CCOCC23CCOC3)nc2ccccc12. The highest BCUT2D eigenvalue weighted by molar-refractivity contribution is 5.96. The van der Waals surface area contributed by atoms with Gasteiger partial charge in [0.2, 0.25) is 0 Å². The summed E-state index contributed by atoms with van der Waals surface area (Å²) in [6.45, 7) is 4.96. The number of nitrogens with zero attached hydrogens (tertiary/aromatic N) is 2. The van der Waals surface area contributed by atoms with Crippen LogP contribution in [0.3, 0.4) is 0 Å². The van der Waals surface area contributed by atoms with Crippen molar-refractivity contribution in [2.75, 3.05) is 33.0 Å². The maximum atomic E-state index is 13.1. The minimum Gasteiger partial charge on any atom is -0.379 e. The second-order valence-electron chi connectivity index (χ2n) is 6.38. The molecule has 2 aliphatic heterocycles. The first-order chi connectivity index (χ1) is 11.2. The van der Waals surface area contributed by atoms with Crippen LogP contribution < -0.4 is 0 Å². The summed E-state index contributed by atoms with van der Waals surface area (Å²) in [6.07, 6.45) is 0.825. The normalized spacial score (nSPS) is 24.5. The van der Waals surface area contributed by atoms with Gasteiger partial charge in [-0.05, 0) is 31.0 Å². The fraction of sp³-hybridized carbons (Fsp3) is 0.444. The first-order valence-corrected chi connectivity index (χ1v) is 8.03. The highest BCUT2D eigenvalue weighted by atomic mass is 16.5. The zero-order valence-corrected chi connectivity index (χ0v) is 13.2. The number of carbonyl (C=O) groups is 1. The molecule has 1 spiro atoms. The number of rotatable bonds is 1. The van der Waals surface area contributed by atoms with Gasteiger partial charge in [0.25, 0.3) is 5.91 Å². The van der Waals surface area contributed by atoms with E-state index in [0.717, 1.165) is 22.9 Å². The number of hydrogen-bond donors (Lipinski definition) is 0. The van der Waals surface area contributed by atoms with Crippen LogP contribution in [0.2, 0.25) is 0 Å². The Bertz CT molecular complexity index is 753. The van der Waals surface area contributed by atoms with Gasteiger partial charge in [-0.1, -0.05) is 18.2 Å². The molecule has 0 aliphatic carbocycles. The number of amides is 1. The zero-order valence-electron chi connectivity index (χ0n) is 13.2. The first kappa shape index (κ1) is 14.6. The molecule has 5 heteroatoms. The number of carbonyl (C=O) groups excluding carboxylic acids is 1. The van der Waals surface area contributed by atoms with E-state index >= 15 is 0 Å². The Labute approximate surface area is 135 Å². The molecule has 1 unspecified atom stereocenters. The summed E-state index contributed by atoms with van der Waals surface area (Å²) < 4.78 is 11.2. The van der Waals surface area contributed by atoms with Crippen LogP contribution in [0.1, 0.15) is 22.5 Å². The number of para-hydroxylation sites is 1. The van der Waals surface area contributed by atoms with Gasteiger partial charge in [0.05, 0.1) is 30.9 Å². The third kappa shape index (κ3) is 2.40. The quantitative estimate of drug-likeness (QED) is 0.810. The second kappa shape index (κ2) is 5.58. The third-order valence-corrected chi connectivity index (χ3v) is 4.87. The van der Waals surface area contributed by atoms with E-state index in [1.807, 2.05) is 42.2 Å². The maximum Gasteiger partial charge on any atom is 0.273 e. The van der Waals surface area contributed by atoms with Crippen molar-refractivity contribution in [3.05, 3.63) is 41.6 Å². The number of morpholine rings is 1. The van der Waals surface area contributed by atoms with Crippen LogP contribution >= 0.6 is 0 Å². The van der Waals surface area contributed by atoms with Gasteiger partial charge in [-0.25, -0.2) is 4.98 Å². The maximum absolute atomic E-state index is 13.1. The fourth-order valence-corrected chi connectivity index (χ4v) is 3.57. The molecule has 0 radical (unpaired) electrons. The van der Waals surface area contributed by atoms with Gasteiger partial charge in [-0.15, -0.1) is 0 Å². The molecule has 2 aromatic rings. The highest BCUT2D eigenvalue weighted by Gasteiger charge is 2.46. The molecule has 2 aliphatic rings. The molecule has 4 rings (SSSR count). The minimum absolute atomic E-state index is 0.0207. The second-order valence-corrected chi connectivity index (χ2v) is 6.38. The molecule has 3 heterocycles. The average molecular weight is 312 g/mol. The molecule has 0 N–H and O–H groups in total. The number of hydrogen-bond acceptors (Lipinski definition) is 4. The Hall–Kier alpha value is -1.98. The molecule has 2 fully saturated rings. The van der Waals surface area contributed by atoms with Crippen LogP contribution in [-0.2, 0) is 9.47 Å². The molecule has 0 saturated carbocycles. The number of pyridine rings is 1. The summed E-state index contributed by atoms with van der Waals surface area (Å²) in [5.41, 5.74) is 2.12. The van der Waals surface area contributed by atoms with Crippen LogP contribution in [0.25, 0.3) is 10.9 Å². The van der Waals surface area contributed by atoms with Gasteiger partial charge in [0, 0.05) is 18.5 Å². The molecular weight excluding hydrogens is 292 g/mol. The minimum atomic E-state index is -0.323. The van der Waals surface area contributed by atoms with Crippen molar-refractivity contribution in [3.8, 4) is 0 Å². The molecule has 1 atom stereocenters. The fourth-order valence-electron chi connectivity index (χ4n) is 3.57. The summed E-state index contributed by atoms with van der Waals surface area (Å²) >= 11 is 0. The number of aryl methyl sites for hydroxylation is 1. The Morgan fingerprint density at radius 2 is 2.00 bits per heavy atom. The molecule has 2 saturated heterocycles. The molecule has 1 aromatic carbocycles. The predicted molar refractivity (Wildman–Crippen MR) is 86.5 cm³/mol. The van der Waals surface area contributed by atoms with E-state index in [2.05, 4.69) is 4.98 Å². The van der Waals surface area contributed by atoms with Crippen LogP contribution in [-0.4, -0.2) is 54.3 Å². The number of aromatic nitrogens is 1. The van der Waals surface area contributed by atoms with Crippen molar-refractivity contribution in [1.29, 1.82) is 0 Å². The van der Waals surface area contributed by atoms with Crippen molar-refractivity contribution in [2.24, 2.45) is 0 Å². The van der Waals surface area contributed by atoms with E-state index < -0.39 is 0 Å². The van der Waals surface area contributed by atoms with Gasteiger partial charge < -0.3 is 14.4 Å². The Kier molecular flexibility index (Phi) is 3.54. The smallest absolute Gasteiger partial charge is 0.273 e. The molecule has 1 amide bonds. The van der Waals surface area contributed by atoms with E-state index in [-0.39, 0.29) is 11.4 Å². The lowest BCUT2D eigenvalue weighted by molar-refractivity contribution is -0.0553. The number of ether oxygens (including phenoxy) is 2. The lowest BCUT2D eigenvalue weighted by Crippen LogP contribution is -2.59. The topological polar surface area (TPSA) is 51.7 Å². The van der Waals surface area contributed by atoms with Crippen molar-refractivity contribution in [3.63, 3.8) is 0 Å². The lowest BCUT2D eigenvalue weighted by atomic mass is 9.95. The first-order valence-electron chi connectivity index (χ1n) is 8.03. The van der Waals surface area contributed by atoms with Crippen LogP contribution in [0.15, 0.2) is 30.3 Å². The monoisotopic (exact) mass is 312 g/mol. The standard InChI is InChI=1S/C18H20N2O3/c1-13-10-16(19-15-5-3-2-4-14(13)15)17(21)20-7-9-23-12-18(20)6-8-22-11-18/h2-5,10H,6-9,11-12H2,1H3. The molecule has 1 aromatic heterocycles. The Balaban J connectivity index is 1.73. The predicted octanol–water partition coefficient (Wildman–Crippen LogP) is 2.17. The van der Waals surface area contributed by atoms with E-state index in [9.17, 15) is 4.79 Å². The van der Waals surface area contributed by atoms with Crippen molar-refractivity contribution < 1.29 is 14.3 Å². The van der Waals surface area contributed by atoms with E-state index in [1.165, 1.54) is 0 Å². The Morgan fingerprint density at radius 3 is 2.83 bits per heavy atom. The Morgan fingerprint density at radius 1 is 1.22 bits per heavy atom. The molecule has 120 valence electrons. The van der Waals surface area contributed by atoms with Crippen LogP contribution in [0.4, 0.5) is 0 Å². The van der Waals surface area contributed by atoms with E-state index in [0.29, 0.717) is 38.7 Å². The molecular formula is C18H20N2O3. The molecule has 5 nitrogen and oxygen atoms in total. The third-order valence-electron chi connectivity index (χ3n) is 4.87. The molecule has 23 heavy (non-hydrogen) atoms. The number of fused-ring (bicyclic) bond motifs is 1. The number of benzene rings is 1. The zero-order chi connectivity index (χ0) is 15.9. The van der Waals surface area contributed by atoms with E-state index in [4.69, 9.17) is 9.47 Å². The summed E-state index contributed by atoms with van der Waals surface area (Å²) in [4.78, 5) is 19.6. The van der Waals surface area contributed by atoms with Crippen LogP contribution in [0.5, 0.6) is 0 Å². The summed E-state index contributed by atoms with van der Waals surface area (Å²) in [5, 5.41) is 1.09. The largest absolute Gasteiger partial charge is 0.379 e. The summed E-state index contributed by atoms with van der Waals surface area (Å²) in [5.74, 6) is -0.0207. The van der Waals surface area contributed by atoms with Gasteiger partial charge in [-0.2, -0.15) is 0 Å². The summed E-state index contributed by atoms with van der Waals surface area (Å²) in [7, 11) is 0. The van der Waals surface area contributed by atoms with Gasteiger partial charge in [-0.3, -0.25) is 4.79 Å². The average Bonchev–Trinajstić information content (AvgIpc) is 3.03. The van der Waals surface area contributed by atoms with Gasteiger partial charge in [0.15, 0.2) is 0 Å². The van der Waals surface area contributed by atoms with Crippen molar-refractivity contribution in [2.45, 2.75) is 18.9 Å². The van der Waals surface area contributed by atoms with Gasteiger partial charge in [0.1, 0.15) is 5.69 Å². The van der Waals surface area contributed by atoms with Gasteiger partial charge >= 0.3 is 0 Å². The highest BCUT2D eigenvalue weighted by Crippen LogP contribution is 2.31. The van der Waals surface area contributed by atoms with Crippen molar-refractivity contribution >= 4 is 16.8 Å². The lowest BCUT2D eigenvalue weighted by Gasteiger charge is -2.43. The van der Waals surface area contributed by atoms with Crippen molar-refractivity contribution in [1.82, 2.24) is 9.88 Å². The van der Waals surface area contributed by atoms with Crippen LogP contribution in [0, 0.1) is 6.92 Å². The van der Waals surface area contributed by atoms with E-state index in [1.54, 1.807) is 0 Å². The molecule has 0 bridgehead atoms.